The summed E-state index contributed by atoms with van der Waals surface area (Å²) < 4.78 is 13.3. The molecule has 27 heavy (non-hydrogen) atoms. The Bertz CT molecular complexity index is 855. The van der Waals surface area contributed by atoms with Crippen LogP contribution in [0.25, 0.3) is 10.9 Å². The molecule has 3 aromatic rings. The summed E-state index contributed by atoms with van der Waals surface area (Å²) in [5.41, 5.74) is 3.72. The van der Waals surface area contributed by atoms with Crippen molar-refractivity contribution in [2.24, 2.45) is 5.92 Å². The van der Waals surface area contributed by atoms with Crippen LogP contribution in [0.2, 0.25) is 0 Å². The van der Waals surface area contributed by atoms with Gasteiger partial charge in [0, 0.05) is 23.1 Å². The van der Waals surface area contributed by atoms with Gasteiger partial charge in [-0.05, 0) is 87.4 Å². The van der Waals surface area contributed by atoms with E-state index in [9.17, 15) is 4.39 Å². The monoisotopic (exact) mass is 364 g/mol. The Balaban J connectivity index is 1.21. The van der Waals surface area contributed by atoms with Crippen molar-refractivity contribution in [2.45, 2.75) is 38.5 Å². The molecule has 1 fully saturated rings. The number of hydrogen-bond donors (Lipinski definition) is 1. The zero-order valence-corrected chi connectivity index (χ0v) is 16.0. The Hall–Kier alpha value is -2.13. The highest BCUT2D eigenvalue weighted by Crippen LogP contribution is 2.22. The topological polar surface area (TPSA) is 19.0 Å². The first-order valence-corrected chi connectivity index (χ1v) is 10.3. The van der Waals surface area contributed by atoms with Crippen molar-refractivity contribution in [3.8, 4) is 0 Å². The zero-order valence-electron chi connectivity index (χ0n) is 16.0. The Kier molecular flexibility index (Phi) is 5.88. The fraction of sp³-hybridized carbons (Fsp3) is 0.417. The quantitative estimate of drug-likeness (QED) is 0.542. The van der Waals surface area contributed by atoms with E-state index in [2.05, 4.69) is 46.3 Å². The largest absolute Gasteiger partial charge is 0.358 e. The standard InChI is InChI=1S/C24H29FN2/c25-22-11-12-24-21(16-22)17-23(26-24)10-4-5-13-27-14-6-9-20(18-27)15-19-7-2-1-3-8-19/h1-3,7-8,11-12,16-17,20,26H,4-6,9-10,13-15,18H2. The number of likely N-dealkylation sites (tertiary alicyclic amines) is 1. The SMILES string of the molecule is Fc1ccc2[nH]c(CCCCN3CCCC(Cc4ccccc4)C3)cc2c1. The average Bonchev–Trinajstić information content (AvgIpc) is 3.08. The number of halogens is 1. The van der Waals surface area contributed by atoms with Crippen LogP contribution in [0.4, 0.5) is 4.39 Å². The number of rotatable bonds is 7. The number of H-pyrrole nitrogens is 1. The number of aryl methyl sites for hydroxylation is 1. The number of nitrogens with one attached hydrogen (secondary N) is 1. The van der Waals surface area contributed by atoms with E-state index in [4.69, 9.17) is 0 Å². The first-order valence-electron chi connectivity index (χ1n) is 10.3. The summed E-state index contributed by atoms with van der Waals surface area (Å²) in [6.45, 7) is 3.68. The van der Waals surface area contributed by atoms with E-state index in [-0.39, 0.29) is 5.82 Å². The summed E-state index contributed by atoms with van der Waals surface area (Å²) in [4.78, 5) is 6.07. The predicted molar refractivity (Wildman–Crippen MR) is 111 cm³/mol. The lowest BCUT2D eigenvalue weighted by atomic mass is 9.91. The minimum atomic E-state index is -0.164. The second-order valence-corrected chi connectivity index (χ2v) is 7.98. The van der Waals surface area contributed by atoms with E-state index in [1.54, 1.807) is 6.07 Å². The van der Waals surface area contributed by atoms with Gasteiger partial charge in [0.1, 0.15) is 5.82 Å². The molecule has 4 rings (SSSR count). The summed E-state index contributed by atoms with van der Waals surface area (Å²) in [5, 5.41) is 0.977. The molecule has 0 aliphatic carbocycles. The lowest BCUT2D eigenvalue weighted by Gasteiger charge is -2.32. The van der Waals surface area contributed by atoms with Gasteiger partial charge in [-0.25, -0.2) is 4.39 Å². The Morgan fingerprint density at radius 1 is 1.04 bits per heavy atom. The number of hydrogen-bond acceptors (Lipinski definition) is 1. The van der Waals surface area contributed by atoms with Crippen molar-refractivity contribution in [2.75, 3.05) is 19.6 Å². The predicted octanol–water partition coefficient (Wildman–Crippen LogP) is 5.58. The van der Waals surface area contributed by atoms with Crippen LogP contribution >= 0.6 is 0 Å². The molecule has 0 saturated carbocycles. The van der Waals surface area contributed by atoms with E-state index in [0.29, 0.717) is 0 Å². The molecule has 1 aliphatic rings. The highest BCUT2D eigenvalue weighted by molar-refractivity contribution is 5.80. The van der Waals surface area contributed by atoms with Gasteiger partial charge in [-0.1, -0.05) is 30.3 Å². The molecule has 0 spiro atoms. The number of fused-ring (bicyclic) bond motifs is 1. The molecule has 142 valence electrons. The fourth-order valence-corrected chi connectivity index (χ4v) is 4.42. The van der Waals surface area contributed by atoms with Crippen LogP contribution < -0.4 is 0 Å². The maximum atomic E-state index is 13.3. The molecule has 2 heterocycles. The molecule has 1 aliphatic heterocycles. The molecule has 0 bridgehead atoms. The third-order valence-corrected chi connectivity index (χ3v) is 5.78. The summed E-state index contributed by atoms with van der Waals surface area (Å²) in [5.74, 6) is 0.632. The van der Waals surface area contributed by atoms with Gasteiger partial charge in [0.25, 0.3) is 0 Å². The molecule has 2 nitrogen and oxygen atoms in total. The minimum absolute atomic E-state index is 0.164. The van der Waals surface area contributed by atoms with Gasteiger partial charge >= 0.3 is 0 Å². The molecular weight excluding hydrogens is 335 g/mol. The van der Waals surface area contributed by atoms with Crippen molar-refractivity contribution in [3.05, 3.63) is 71.7 Å². The normalized spacial score (nSPS) is 18.2. The number of benzene rings is 2. The van der Waals surface area contributed by atoms with Gasteiger partial charge in [-0.3, -0.25) is 0 Å². The third kappa shape index (κ3) is 4.98. The number of unbranched alkanes of at least 4 members (excludes halogenated alkanes) is 1. The minimum Gasteiger partial charge on any atom is -0.358 e. The van der Waals surface area contributed by atoms with Crippen LogP contribution in [-0.4, -0.2) is 29.5 Å². The summed E-state index contributed by atoms with van der Waals surface area (Å²) in [7, 11) is 0. The average molecular weight is 365 g/mol. The van der Waals surface area contributed by atoms with Crippen molar-refractivity contribution in [1.29, 1.82) is 0 Å². The van der Waals surface area contributed by atoms with Gasteiger partial charge in [0.2, 0.25) is 0 Å². The maximum Gasteiger partial charge on any atom is 0.123 e. The Morgan fingerprint density at radius 2 is 1.93 bits per heavy atom. The van der Waals surface area contributed by atoms with Crippen LogP contribution in [0.1, 0.15) is 36.9 Å². The van der Waals surface area contributed by atoms with E-state index in [1.165, 1.54) is 69.1 Å². The van der Waals surface area contributed by atoms with Gasteiger partial charge in [-0.15, -0.1) is 0 Å². The Morgan fingerprint density at radius 3 is 2.81 bits per heavy atom. The third-order valence-electron chi connectivity index (χ3n) is 5.78. The van der Waals surface area contributed by atoms with Gasteiger partial charge in [0.15, 0.2) is 0 Å². The number of piperidine rings is 1. The second-order valence-electron chi connectivity index (χ2n) is 7.98. The van der Waals surface area contributed by atoms with Crippen molar-refractivity contribution in [3.63, 3.8) is 0 Å². The first kappa shape index (κ1) is 18.2. The molecule has 1 unspecified atom stereocenters. The first-order chi connectivity index (χ1) is 13.3. The maximum absolute atomic E-state index is 13.3. The lowest BCUT2D eigenvalue weighted by Crippen LogP contribution is -2.36. The van der Waals surface area contributed by atoms with Crippen molar-refractivity contribution in [1.82, 2.24) is 9.88 Å². The van der Waals surface area contributed by atoms with Gasteiger partial charge in [0.05, 0.1) is 0 Å². The van der Waals surface area contributed by atoms with Crippen LogP contribution in [0, 0.1) is 11.7 Å². The molecular formula is C24H29FN2. The zero-order chi connectivity index (χ0) is 18.5. The number of nitrogens with zero attached hydrogens (tertiary/aromatic N) is 1. The van der Waals surface area contributed by atoms with E-state index in [1.807, 2.05) is 6.07 Å². The van der Waals surface area contributed by atoms with E-state index < -0.39 is 0 Å². The molecule has 1 aromatic heterocycles. The fourth-order valence-electron chi connectivity index (χ4n) is 4.42. The summed E-state index contributed by atoms with van der Waals surface area (Å²) >= 11 is 0. The molecule has 3 heteroatoms. The summed E-state index contributed by atoms with van der Waals surface area (Å²) in [6.07, 6.45) is 7.33. The smallest absolute Gasteiger partial charge is 0.123 e. The van der Waals surface area contributed by atoms with Crippen LogP contribution in [0.5, 0.6) is 0 Å². The summed E-state index contributed by atoms with van der Waals surface area (Å²) in [6, 6.07) is 17.9. The Labute approximate surface area is 161 Å². The van der Waals surface area contributed by atoms with E-state index in [0.717, 1.165) is 23.2 Å². The van der Waals surface area contributed by atoms with Crippen LogP contribution in [-0.2, 0) is 12.8 Å². The molecule has 1 N–H and O–H groups in total. The molecule has 0 radical (unpaired) electrons. The van der Waals surface area contributed by atoms with Crippen LogP contribution in [0.3, 0.4) is 0 Å². The lowest BCUT2D eigenvalue weighted by molar-refractivity contribution is 0.171. The molecule has 0 amide bonds. The van der Waals surface area contributed by atoms with Crippen LogP contribution in [0.15, 0.2) is 54.6 Å². The van der Waals surface area contributed by atoms with Gasteiger partial charge < -0.3 is 9.88 Å². The van der Waals surface area contributed by atoms with E-state index >= 15 is 0 Å². The van der Waals surface area contributed by atoms with Crippen molar-refractivity contribution < 1.29 is 4.39 Å². The molecule has 2 aromatic carbocycles. The molecule has 1 atom stereocenters. The highest BCUT2D eigenvalue weighted by Gasteiger charge is 2.19. The highest BCUT2D eigenvalue weighted by atomic mass is 19.1. The second kappa shape index (κ2) is 8.71. The number of aromatic nitrogens is 1. The van der Waals surface area contributed by atoms with Gasteiger partial charge in [-0.2, -0.15) is 0 Å². The molecule has 1 saturated heterocycles. The number of aromatic amines is 1. The van der Waals surface area contributed by atoms with Crippen molar-refractivity contribution >= 4 is 10.9 Å².